The van der Waals surface area contributed by atoms with E-state index in [2.05, 4.69) is 12.1 Å². The number of hydrogen-bond donors (Lipinski definition) is 2. The fourth-order valence-electron chi connectivity index (χ4n) is 3.82. The molecule has 0 saturated heterocycles. The van der Waals surface area contributed by atoms with Crippen LogP contribution in [0.4, 0.5) is 5.69 Å². The van der Waals surface area contributed by atoms with Crippen molar-refractivity contribution in [3.05, 3.63) is 69.3 Å². The minimum Gasteiger partial charge on any atom is -0.502 e. The molecule has 168 valence electrons. The summed E-state index contributed by atoms with van der Waals surface area (Å²) in [5, 5.41) is 34.8. The van der Waals surface area contributed by atoms with Crippen molar-refractivity contribution >= 4 is 11.4 Å². The first-order valence-electron chi connectivity index (χ1n) is 11.4. The van der Waals surface area contributed by atoms with Gasteiger partial charge in [0.25, 0.3) is 0 Å². The monoisotopic (exact) mass is 426 g/mol. The van der Waals surface area contributed by atoms with Gasteiger partial charge in [0.15, 0.2) is 0 Å². The van der Waals surface area contributed by atoms with Crippen LogP contribution in [-0.2, 0) is 6.42 Å². The number of nitro benzene ring substituents is 1. The Bertz CT molecular complexity index is 850. The Kier molecular flexibility index (Phi) is 10.6. The quantitative estimate of drug-likeness (QED) is 0.112. The van der Waals surface area contributed by atoms with Crippen molar-refractivity contribution in [1.82, 2.24) is 0 Å². The maximum absolute atomic E-state index is 11.5. The lowest BCUT2D eigenvalue weighted by molar-refractivity contribution is -0.385. The van der Waals surface area contributed by atoms with Gasteiger partial charge in [-0.05, 0) is 24.5 Å². The second-order valence-corrected chi connectivity index (χ2v) is 8.01. The molecule has 2 aromatic rings. The zero-order chi connectivity index (χ0) is 22.5. The average Bonchev–Trinajstić information content (AvgIpc) is 2.77. The summed E-state index contributed by atoms with van der Waals surface area (Å²) < 4.78 is 0. The lowest BCUT2D eigenvalue weighted by atomic mass is 9.96. The van der Waals surface area contributed by atoms with Crippen LogP contribution in [0.5, 0.6) is 5.75 Å². The smallest absolute Gasteiger partial charge is 0.311 e. The van der Waals surface area contributed by atoms with E-state index in [0.29, 0.717) is 12.0 Å². The molecule has 0 aliphatic rings. The van der Waals surface area contributed by atoms with E-state index in [-0.39, 0.29) is 17.0 Å². The second kappa shape index (κ2) is 13.4. The van der Waals surface area contributed by atoms with Gasteiger partial charge in [-0.1, -0.05) is 100 Å². The Balaban J connectivity index is 1.99. The largest absolute Gasteiger partial charge is 0.502 e. The molecule has 0 fully saturated rings. The predicted molar refractivity (Wildman–Crippen MR) is 124 cm³/mol. The molecule has 0 radical (unpaired) electrons. The van der Waals surface area contributed by atoms with Crippen LogP contribution in [0.2, 0.25) is 0 Å². The average molecular weight is 427 g/mol. The van der Waals surface area contributed by atoms with Crippen LogP contribution in [0, 0.1) is 10.1 Å². The first-order chi connectivity index (χ1) is 15.1. The number of oxime groups is 1. The maximum Gasteiger partial charge on any atom is 0.311 e. The summed E-state index contributed by atoms with van der Waals surface area (Å²) in [5.74, 6) is -0.478. The van der Waals surface area contributed by atoms with Crippen LogP contribution in [-0.4, -0.2) is 20.9 Å². The van der Waals surface area contributed by atoms with Crippen molar-refractivity contribution in [3.8, 4) is 5.75 Å². The Morgan fingerprint density at radius 3 is 2.06 bits per heavy atom. The van der Waals surface area contributed by atoms with Crippen LogP contribution < -0.4 is 0 Å². The molecule has 0 aliphatic carbocycles. The Labute approximate surface area is 184 Å². The molecule has 0 unspecified atom stereocenters. The summed E-state index contributed by atoms with van der Waals surface area (Å²) in [6.45, 7) is 2.23. The van der Waals surface area contributed by atoms with Gasteiger partial charge in [0.2, 0.25) is 5.75 Å². The van der Waals surface area contributed by atoms with Gasteiger partial charge in [-0.25, -0.2) is 0 Å². The van der Waals surface area contributed by atoms with E-state index < -0.39 is 10.7 Å². The number of aryl methyl sites for hydroxylation is 1. The van der Waals surface area contributed by atoms with Crippen molar-refractivity contribution in [3.63, 3.8) is 0 Å². The normalized spacial score (nSPS) is 11.6. The molecule has 6 heteroatoms. The molecule has 31 heavy (non-hydrogen) atoms. The van der Waals surface area contributed by atoms with Crippen LogP contribution >= 0.6 is 0 Å². The van der Waals surface area contributed by atoms with E-state index >= 15 is 0 Å². The predicted octanol–water partition coefficient (Wildman–Crippen LogP) is 6.99. The van der Waals surface area contributed by atoms with E-state index in [1.165, 1.54) is 51.0 Å². The zero-order valence-electron chi connectivity index (χ0n) is 18.4. The summed E-state index contributed by atoms with van der Waals surface area (Å²) in [7, 11) is 0. The number of nitro groups is 1. The molecule has 0 bridgehead atoms. The highest BCUT2D eigenvalue weighted by molar-refractivity contribution is 6.14. The SMILES string of the molecule is CCCCCCCCCCCCc1cc(C(=NO)c2ccccc2)c(O)c([N+](=O)[O-])c1. The summed E-state index contributed by atoms with van der Waals surface area (Å²) in [6.07, 6.45) is 12.9. The molecule has 0 aliphatic heterocycles. The highest BCUT2D eigenvalue weighted by Crippen LogP contribution is 2.33. The summed E-state index contributed by atoms with van der Waals surface area (Å²) in [4.78, 5) is 10.9. The van der Waals surface area contributed by atoms with Crippen LogP contribution in [0.15, 0.2) is 47.6 Å². The fraction of sp³-hybridized carbons (Fsp3) is 0.480. The van der Waals surface area contributed by atoms with E-state index in [0.717, 1.165) is 24.8 Å². The lowest BCUT2D eigenvalue weighted by Crippen LogP contribution is -2.06. The number of phenols is 1. The number of aromatic hydroxyl groups is 1. The van der Waals surface area contributed by atoms with Crippen LogP contribution in [0.1, 0.15) is 87.8 Å². The Hall–Kier alpha value is -2.89. The lowest BCUT2D eigenvalue weighted by Gasteiger charge is -2.11. The number of hydrogen-bond acceptors (Lipinski definition) is 5. The van der Waals surface area contributed by atoms with Crippen molar-refractivity contribution < 1.29 is 15.2 Å². The molecule has 0 aromatic heterocycles. The molecule has 0 atom stereocenters. The molecule has 6 nitrogen and oxygen atoms in total. The molecule has 0 amide bonds. The van der Waals surface area contributed by atoms with E-state index in [4.69, 9.17) is 0 Å². The van der Waals surface area contributed by atoms with E-state index in [1.807, 2.05) is 6.07 Å². The molecule has 0 saturated carbocycles. The first-order valence-corrected chi connectivity index (χ1v) is 11.4. The van der Waals surface area contributed by atoms with Gasteiger partial charge in [0.05, 0.1) is 10.5 Å². The minimum atomic E-state index is -0.596. The van der Waals surface area contributed by atoms with Gasteiger partial charge in [0.1, 0.15) is 5.71 Å². The third-order valence-corrected chi connectivity index (χ3v) is 5.57. The highest BCUT2D eigenvalue weighted by Gasteiger charge is 2.23. The summed E-state index contributed by atoms with van der Waals surface area (Å²) in [6, 6.07) is 12.0. The summed E-state index contributed by atoms with van der Waals surface area (Å²) >= 11 is 0. The van der Waals surface area contributed by atoms with Crippen molar-refractivity contribution in [2.75, 3.05) is 0 Å². The van der Waals surface area contributed by atoms with Gasteiger partial charge >= 0.3 is 5.69 Å². The van der Waals surface area contributed by atoms with Gasteiger partial charge in [-0.2, -0.15) is 0 Å². The number of nitrogens with zero attached hydrogens (tertiary/aromatic N) is 2. The van der Waals surface area contributed by atoms with Crippen LogP contribution in [0.25, 0.3) is 0 Å². The Morgan fingerprint density at radius 1 is 0.935 bits per heavy atom. The fourth-order valence-corrected chi connectivity index (χ4v) is 3.82. The third-order valence-electron chi connectivity index (χ3n) is 5.57. The zero-order valence-corrected chi connectivity index (χ0v) is 18.4. The van der Waals surface area contributed by atoms with E-state index in [9.17, 15) is 20.4 Å². The van der Waals surface area contributed by atoms with Gasteiger partial charge < -0.3 is 10.3 Å². The number of unbranched alkanes of at least 4 members (excludes halogenated alkanes) is 9. The topological polar surface area (TPSA) is 96.0 Å². The number of rotatable bonds is 14. The maximum atomic E-state index is 11.5. The molecular weight excluding hydrogens is 392 g/mol. The molecular formula is C25H34N2O4. The molecule has 0 heterocycles. The van der Waals surface area contributed by atoms with Crippen molar-refractivity contribution in [2.45, 2.75) is 77.6 Å². The molecule has 2 aromatic carbocycles. The van der Waals surface area contributed by atoms with Gasteiger partial charge in [-0.15, -0.1) is 0 Å². The molecule has 2 N–H and O–H groups in total. The number of benzene rings is 2. The molecule has 2 rings (SSSR count). The van der Waals surface area contributed by atoms with E-state index in [1.54, 1.807) is 30.3 Å². The first kappa shape index (κ1) is 24.4. The van der Waals surface area contributed by atoms with Crippen molar-refractivity contribution in [1.29, 1.82) is 0 Å². The van der Waals surface area contributed by atoms with Gasteiger partial charge in [0, 0.05) is 11.6 Å². The third kappa shape index (κ3) is 7.70. The van der Waals surface area contributed by atoms with Gasteiger partial charge in [-0.3, -0.25) is 10.1 Å². The highest BCUT2D eigenvalue weighted by atomic mass is 16.6. The van der Waals surface area contributed by atoms with Crippen molar-refractivity contribution in [2.24, 2.45) is 5.16 Å². The van der Waals surface area contributed by atoms with Crippen LogP contribution in [0.3, 0.4) is 0 Å². The Morgan fingerprint density at radius 2 is 1.52 bits per heavy atom. The molecule has 0 spiro atoms. The minimum absolute atomic E-state index is 0.117. The second-order valence-electron chi connectivity index (χ2n) is 8.01. The number of phenolic OH excluding ortho intramolecular Hbond substituents is 1. The summed E-state index contributed by atoms with van der Waals surface area (Å²) in [5.41, 5.74) is 1.26. The standard InChI is InChI=1S/C25H34N2O4/c1-2-3-4-5-6-7-8-9-10-12-15-20-18-22(25(28)23(19-20)27(30)31)24(26-29)21-16-13-11-14-17-21/h11,13-14,16-19,28-29H,2-10,12,15H2,1H3.